The minimum absolute atomic E-state index is 0.00611. The highest BCUT2D eigenvalue weighted by Gasteiger charge is 2.79. The molecular formula is C35H42ClFO7. The Morgan fingerprint density at radius 3 is 2.68 bits per heavy atom. The van der Waals surface area contributed by atoms with Gasteiger partial charge < -0.3 is 19.3 Å². The molecule has 1 saturated heterocycles. The van der Waals surface area contributed by atoms with Gasteiger partial charge in [-0.25, -0.2) is 4.39 Å². The molecule has 1 aromatic rings. The van der Waals surface area contributed by atoms with Gasteiger partial charge in [0.05, 0.1) is 11.5 Å². The van der Waals surface area contributed by atoms with Gasteiger partial charge in [-0.05, 0) is 67.7 Å². The fourth-order valence-electron chi connectivity index (χ4n) is 9.64. The van der Waals surface area contributed by atoms with Crippen LogP contribution in [0.5, 0.6) is 0 Å². The number of ketones is 2. The van der Waals surface area contributed by atoms with Crippen molar-refractivity contribution in [3.05, 3.63) is 58.6 Å². The summed E-state index contributed by atoms with van der Waals surface area (Å²) in [6, 6.07) is 7.42. The van der Waals surface area contributed by atoms with E-state index in [1.165, 1.54) is 6.08 Å². The van der Waals surface area contributed by atoms with Gasteiger partial charge in [0.25, 0.3) is 0 Å². The zero-order valence-electron chi connectivity index (χ0n) is 25.9. The Morgan fingerprint density at radius 2 is 1.95 bits per heavy atom. The highest BCUT2D eigenvalue weighted by Crippen LogP contribution is 2.73. The average Bonchev–Trinajstić information content (AvgIpc) is 3.20. The molecule has 4 fully saturated rings. The molecule has 238 valence electrons. The van der Waals surface area contributed by atoms with E-state index >= 15 is 4.39 Å². The lowest BCUT2D eigenvalue weighted by Crippen LogP contribution is -2.71. The second-order valence-corrected chi connectivity index (χ2v) is 14.1. The van der Waals surface area contributed by atoms with Crippen LogP contribution >= 0.6 is 11.6 Å². The van der Waals surface area contributed by atoms with Gasteiger partial charge in [0.15, 0.2) is 23.6 Å². The Kier molecular flexibility index (Phi) is 7.80. The molecule has 1 unspecified atom stereocenters. The largest absolute Gasteiger partial charge is 0.485 e. The maximum absolute atomic E-state index is 18.3. The average molecular weight is 629 g/mol. The van der Waals surface area contributed by atoms with Gasteiger partial charge in [0, 0.05) is 29.6 Å². The van der Waals surface area contributed by atoms with E-state index in [0.717, 1.165) is 17.5 Å². The first-order valence-corrected chi connectivity index (χ1v) is 16.4. The minimum atomic E-state index is -2.22. The van der Waals surface area contributed by atoms with E-state index in [-0.39, 0.29) is 36.9 Å². The van der Waals surface area contributed by atoms with Crippen LogP contribution in [0, 0.1) is 28.6 Å². The van der Waals surface area contributed by atoms with Crippen molar-refractivity contribution in [2.45, 2.75) is 103 Å². The summed E-state index contributed by atoms with van der Waals surface area (Å²) in [5.41, 5.74) is -4.18. The molecule has 8 atom stereocenters. The molecule has 0 radical (unpaired) electrons. The summed E-state index contributed by atoms with van der Waals surface area (Å²) in [6.07, 6.45) is 2.71. The molecule has 1 aliphatic heterocycles. The fourth-order valence-corrected chi connectivity index (χ4v) is 9.80. The van der Waals surface area contributed by atoms with E-state index in [4.69, 9.17) is 25.8 Å². The van der Waals surface area contributed by atoms with Gasteiger partial charge in [0.1, 0.15) is 6.61 Å². The van der Waals surface area contributed by atoms with Crippen molar-refractivity contribution in [3.8, 4) is 0 Å². The number of halogens is 2. The predicted octanol–water partition coefficient (Wildman–Crippen LogP) is 6.29. The maximum atomic E-state index is 18.3. The predicted molar refractivity (Wildman–Crippen MR) is 161 cm³/mol. The number of aliphatic hydroxyl groups excluding tert-OH is 1. The summed E-state index contributed by atoms with van der Waals surface area (Å²) < 4.78 is 36.9. The summed E-state index contributed by atoms with van der Waals surface area (Å²) in [6.45, 7) is 6.89. The number of carbonyl (C=O) groups excluding carboxylic acids is 3. The van der Waals surface area contributed by atoms with Crippen LogP contribution in [0.3, 0.4) is 0 Å². The van der Waals surface area contributed by atoms with Crippen molar-refractivity contribution >= 4 is 29.1 Å². The van der Waals surface area contributed by atoms with Crippen LogP contribution in [0.4, 0.5) is 4.39 Å². The SMILES string of the molecule is CCCCC(=O)O[C@]12C(=O)COC3=C(OCc4cccc(CCl)c4)C(=O)C=C4CC[C@H]5[C@H](C[C@@H]1C)[C@@]2(C)C[C@@H](O)C5(F)[C@]43C. The molecule has 0 spiro atoms. The minimum Gasteiger partial charge on any atom is -0.485 e. The van der Waals surface area contributed by atoms with E-state index in [1.807, 2.05) is 45.0 Å². The van der Waals surface area contributed by atoms with Gasteiger partial charge in [-0.3, -0.25) is 14.4 Å². The smallest absolute Gasteiger partial charge is 0.306 e. The second kappa shape index (κ2) is 11.0. The third-order valence-electron chi connectivity index (χ3n) is 11.7. The third kappa shape index (κ3) is 4.12. The van der Waals surface area contributed by atoms with Gasteiger partial charge in [0.2, 0.25) is 17.3 Å². The fraction of sp³-hybridized carbons (Fsp3) is 0.629. The zero-order chi connectivity index (χ0) is 31.7. The topological polar surface area (TPSA) is 99.1 Å². The number of rotatable bonds is 8. The molecule has 0 aromatic heterocycles. The summed E-state index contributed by atoms with van der Waals surface area (Å²) in [4.78, 5) is 41.3. The van der Waals surface area contributed by atoms with Crippen LogP contribution in [0.2, 0.25) is 0 Å². The van der Waals surface area contributed by atoms with Gasteiger partial charge in [-0.15, -0.1) is 11.6 Å². The standard InChI is InChI=1S/C35H42ClFO7/c1-5-6-10-29(41)44-35-20(2)13-25-24-12-11-23-15-26(38)30(42-18-22-9-7-8-21(14-22)17-36)31(43-19-28(35)40)33(23,4)34(24,37)27(39)16-32(25,35)3/h7-9,14-15,20,24-25,27,39H,5-6,10-13,16-19H2,1-4H3/t20-,24-,25-,27+,32+,33+,34?,35-/m0/s1. The lowest BCUT2D eigenvalue weighted by Gasteiger charge is -2.64. The van der Waals surface area contributed by atoms with Crippen LogP contribution < -0.4 is 0 Å². The van der Waals surface area contributed by atoms with Crippen LogP contribution in [0.1, 0.15) is 83.8 Å². The molecule has 3 saturated carbocycles. The molecule has 6 bridgehead atoms. The Balaban J connectivity index is 1.50. The summed E-state index contributed by atoms with van der Waals surface area (Å²) >= 11 is 6.01. The van der Waals surface area contributed by atoms with Crippen LogP contribution in [-0.2, 0) is 41.1 Å². The molecule has 1 heterocycles. The Bertz CT molecular complexity index is 1450. The van der Waals surface area contributed by atoms with Crippen molar-refractivity contribution in [1.29, 1.82) is 0 Å². The van der Waals surface area contributed by atoms with E-state index in [1.54, 1.807) is 6.92 Å². The number of allylic oxidation sites excluding steroid dienone is 2. The molecule has 6 rings (SSSR count). The van der Waals surface area contributed by atoms with Crippen molar-refractivity contribution in [2.24, 2.45) is 28.6 Å². The molecule has 7 nitrogen and oxygen atoms in total. The van der Waals surface area contributed by atoms with Crippen molar-refractivity contribution in [2.75, 3.05) is 6.61 Å². The Hall–Kier alpha value is -2.71. The molecule has 5 aliphatic rings. The zero-order valence-corrected chi connectivity index (χ0v) is 26.7. The first-order valence-electron chi connectivity index (χ1n) is 15.9. The number of ether oxygens (including phenoxy) is 3. The summed E-state index contributed by atoms with van der Waals surface area (Å²) in [5.74, 6) is -2.75. The quantitative estimate of drug-likeness (QED) is 0.267. The number of unbranched alkanes of at least 4 members (excludes halogenated alkanes) is 1. The van der Waals surface area contributed by atoms with E-state index in [2.05, 4.69) is 0 Å². The van der Waals surface area contributed by atoms with Crippen LogP contribution in [0.15, 0.2) is 47.4 Å². The monoisotopic (exact) mass is 628 g/mol. The summed E-state index contributed by atoms with van der Waals surface area (Å²) in [5, 5.41) is 11.9. The molecule has 9 heteroatoms. The number of aliphatic hydroxyl groups is 1. The van der Waals surface area contributed by atoms with Gasteiger partial charge in [-0.1, -0.05) is 51.5 Å². The normalized spacial score (nSPS) is 39.1. The summed E-state index contributed by atoms with van der Waals surface area (Å²) in [7, 11) is 0. The lowest BCUT2D eigenvalue weighted by atomic mass is 9.44. The Labute approximate surface area is 263 Å². The number of esters is 1. The van der Waals surface area contributed by atoms with Crippen molar-refractivity contribution < 1.29 is 38.1 Å². The van der Waals surface area contributed by atoms with E-state index in [9.17, 15) is 19.5 Å². The van der Waals surface area contributed by atoms with Gasteiger partial charge >= 0.3 is 5.97 Å². The molecule has 0 amide bonds. The van der Waals surface area contributed by atoms with Crippen LogP contribution in [-0.4, -0.2) is 46.6 Å². The van der Waals surface area contributed by atoms with E-state index in [0.29, 0.717) is 37.1 Å². The van der Waals surface area contributed by atoms with E-state index < -0.39 is 64.2 Å². The number of benzene rings is 1. The number of Topliss-reactive ketones (excluding diaryl/α,β-unsaturated/α-hetero) is 1. The highest BCUT2D eigenvalue weighted by molar-refractivity contribution is 6.17. The number of hydrogen-bond donors (Lipinski definition) is 1. The molecule has 44 heavy (non-hydrogen) atoms. The third-order valence-corrected chi connectivity index (χ3v) is 12.0. The molecule has 1 N–H and O–H groups in total. The maximum Gasteiger partial charge on any atom is 0.306 e. The number of alkyl halides is 2. The Morgan fingerprint density at radius 1 is 1.20 bits per heavy atom. The first-order chi connectivity index (χ1) is 20.9. The number of hydrogen-bond acceptors (Lipinski definition) is 7. The molecular weight excluding hydrogens is 587 g/mol. The first kappa shape index (κ1) is 31.3. The van der Waals surface area contributed by atoms with Crippen molar-refractivity contribution in [1.82, 2.24) is 0 Å². The molecule has 4 aliphatic carbocycles. The van der Waals surface area contributed by atoms with Crippen LogP contribution in [0.25, 0.3) is 0 Å². The highest BCUT2D eigenvalue weighted by atomic mass is 35.5. The second-order valence-electron chi connectivity index (χ2n) is 13.9. The number of carbonyl (C=O) groups is 3. The van der Waals surface area contributed by atoms with Crippen molar-refractivity contribution in [3.63, 3.8) is 0 Å². The lowest BCUT2D eigenvalue weighted by molar-refractivity contribution is -0.239. The molecule has 1 aromatic carbocycles. The van der Waals surface area contributed by atoms with Gasteiger partial charge in [-0.2, -0.15) is 0 Å².